The lowest BCUT2D eigenvalue weighted by Gasteiger charge is -2.20. The number of amides is 1. The zero-order valence-corrected chi connectivity index (χ0v) is 12.3. The van der Waals surface area contributed by atoms with Crippen LogP contribution in [0.3, 0.4) is 0 Å². The number of hydrogen-bond donors (Lipinski definition) is 3. The molecular weight excluding hydrogens is 242 g/mol. The molecule has 0 unspecified atom stereocenters. The Morgan fingerprint density at radius 2 is 1.95 bits per heavy atom. The second-order valence-electron chi connectivity index (χ2n) is 5.40. The van der Waals surface area contributed by atoms with E-state index in [1.54, 1.807) is 0 Å². The van der Waals surface area contributed by atoms with Crippen LogP contribution < -0.4 is 16.0 Å². The number of carbonyl (C=O) groups is 1. The van der Waals surface area contributed by atoms with Crippen molar-refractivity contribution in [2.24, 2.45) is 0 Å². The normalized spacial score (nSPS) is 11.0. The van der Waals surface area contributed by atoms with Gasteiger partial charge in [-0.05, 0) is 34.6 Å². The van der Waals surface area contributed by atoms with Gasteiger partial charge in [-0.2, -0.15) is 4.98 Å². The molecule has 0 aliphatic heterocycles. The minimum absolute atomic E-state index is 0.0613. The lowest BCUT2D eigenvalue weighted by molar-refractivity contribution is -0.120. The standard InChI is InChI=1S/C13H23N5O/c1-6-14-12-16-9(2)7-10(17-12)15-8-11(19)18-13(3,4)5/h7H,6,8H2,1-5H3,(H,18,19)(H2,14,15,16,17). The smallest absolute Gasteiger partial charge is 0.239 e. The highest BCUT2D eigenvalue weighted by atomic mass is 16.2. The van der Waals surface area contributed by atoms with Crippen LogP contribution >= 0.6 is 0 Å². The van der Waals surface area contributed by atoms with E-state index in [-0.39, 0.29) is 18.0 Å². The molecule has 0 aliphatic rings. The largest absolute Gasteiger partial charge is 0.361 e. The van der Waals surface area contributed by atoms with E-state index in [2.05, 4.69) is 25.9 Å². The molecule has 0 atom stereocenters. The average molecular weight is 265 g/mol. The summed E-state index contributed by atoms with van der Waals surface area (Å²) in [5.41, 5.74) is 0.625. The summed E-state index contributed by atoms with van der Waals surface area (Å²) in [5, 5.41) is 8.94. The van der Waals surface area contributed by atoms with Gasteiger partial charge in [0, 0.05) is 23.8 Å². The van der Waals surface area contributed by atoms with Crippen LogP contribution in [0.15, 0.2) is 6.07 Å². The number of carbonyl (C=O) groups excluding carboxylic acids is 1. The lowest BCUT2D eigenvalue weighted by Crippen LogP contribution is -2.43. The van der Waals surface area contributed by atoms with Crippen molar-refractivity contribution in [1.82, 2.24) is 15.3 Å². The van der Waals surface area contributed by atoms with Gasteiger partial charge < -0.3 is 16.0 Å². The highest BCUT2D eigenvalue weighted by Gasteiger charge is 2.13. The van der Waals surface area contributed by atoms with Crippen molar-refractivity contribution in [2.75, 3.05) is 23.7 Å². The summed E-state index contributed by atoms with van der Waals surface area (Å²) in [6.45, 7) is 10.7. The summed E-state index contributed by atoms with van der Waals surface area (Å²) >= 11 is 0. The first-order valence-electron chi connectivity index (χ1n) is 6.44. The number of rotatable bonds is 5. The monoisotopic (exact) mass is 265 g/mol. The quantitative estimate of drug-likeness (QED) is 0.752. The van der Waals surface area contributed by atoms with Gasteiger partial charge in [-0.1, -0.05) is 0 Å². The molecule has 0 saturated heterocycles. The molecule has 1 aromatic rings. The molecule has 1 rings (SSSR count). The zero-order chi connectivity index (χ0) is 14.5. The van der Waals surface area contributed by atoms with Crippen LogP contribution in [0.2, 0.25) is 0 Å². The van der Waals surface area contributed by atoms with E-state index in [4.69, 9.17) is 0 Å². The fraction of sp³-hybridized carbons (Fsp3) is 0.615. The highest BCUT2D eigenvalue weighted by Crippen LogP contribution is 2.09. The van der Waals surface area contributed by atoms with Crippen LogP contribution in [-0.4, -0.2) is 34.5 Å². The molecular formula is C13H23N5O. The van der Waals surface area contributed by atoms with Gasteiger partial charge in [0.05, 0.1) is 6.54 Å². The fourth-order valence-electron chi connectivity index (χ4n) is 1.53. The first-order valence-corrected chi connectivity index (χ1v) is 6.44. The predicted molar refractivity (Wildman–Crippen MR) is 77.3 cm³/mol. The Hall–Kier alpha value is -1.85. The van der Waals surface area contributed by atoms with Crippen molar-refractivity contribution in [3.8, 4) is 0 Å². The molecule has 0 saturated carbocycles. The number of nitrogens with zero attached hydrogens (tertiary/aromatic N) is 2. The molecule has 0 aromatic carbocycles. The van der Waals surface area contributed by atoms with E-state index < -0.39 is 0 Å². The predicted octanol–water partition coefficient (Wildman–Crippen LogP) is 1.54. The second kappa shape index (κ2) is 6.36. The third-order valence-corrected chi connectivity index (χ3v) is 2.13. The summed E-state index contributed by atoms with van der Waals surface area (Å²) in [6.07, 6.45) is 0. The Bertz CT molecular complexity index is 439. The van der Waals surface area contributed by atoms with Crippen molar-refractivity contribution in [3.63, 3.8) is 0 Å². The van der Waals surface area contributed by atoms with Gasteiger partial charge in [-0.25, -0.2) is 4.98 Å². The molecule has 3 N–H and O–H groups in total. The van der Waals surface area contributed by atoms with E-state index in [1.807, 2.05) is 40.7 Å². The van der Waals surface area contributed by atoms with Gasteiger partial charge in [0.2, 0.25) is 11.9 Å². The van der Waals surface area contributed by atoms with Crippen LogP contribution in [0.4, 0.5) is 11.8 Å². The molecule has 0 bridgehead atoms. The van der Waals surface area contributed by atoms with E-state index >= 15 is 0 Å². The van der Waals surface area contributed by atoms with Crippen molar-refractivity contribution in [3.05, 3.63) is 11.8 Å². The summed E-state index contributed by atoms with van der Waals surface area (Å²) < 4.78 is 0. The number of aryl methyl sites for hydroxylation is 1. The van der Waals surface area contributed by atoms with Gasteiger partial charge in [0.1, 0.15) is 5.82 Å². The number of hydrogen-bond acceptors (Lipinski definition) is 5. The molecule has 106 valence electrons. The third kappa shape index (κ3) is 6.03. The fourth-order valence-corrected chi connectivity index (χ4v) is 1.53. The maximum absolute atomic E-state index is 11.7. The number of aromatic nitrogens is 2. The van der Waals surface area contributed by atoms with Gasteiger partial charge in [0.15, 0.2) is 0 Å². The first-order chi connectivity index (χ1) is 8.80. The second-order valence-corrected chi connectivity index (χ2v) is 5.40. The molecule has 0 aliphatic carbocycles. The van der Waals surface area contributed by atoms with Crippen molar-refractivity contribution in [2.45, 2.75) is 40.2 Å². The third-order valence-electron chi connectivity index (χ3n) is 2.13. The van der Waals surface area contributed by atoms with Crippen molar-refractivity contribution in [1.29, 1.82) is 0 Å². The molecule has 19 heavy (non-hydrogen) atoms. The van der Waals surface area contributed by atoms with E-state index in [9.17, 15) is 4.79 Å². The molecule has 1 amide bonds. The van der Waals surface area contributed by atoms with Crippen LogP contribution in [0, 0.1) is 6.92 Å². The zero-order valence-electron chi connectivity index (χ0n) is 12.3. The minimum Gasteiger partial charge on any atom is -0.361 e. The molecule has 6 nitrogen and oxygen atoms in total. The minimum atomic E-state index is -0.227. The maximum Gasteiger partial charge on any atom is 0.239 e. The Labute approximate surface area is 114 Å². The van der Waals surface area contributed by atoms with E-state index in [1.165, 1.54) is 0 Å². The van der Waals surface area contributed by atoms with Crippen molar-refractivity contribution >= 4 is 17.7 Å². The van der Waals surface area contributed by atoms with E-state index in [0.717, 1.165) is 12.2 Å². The molecule has 1 aromatic heterocycles. The van der Waals surface area contributed by atoms with Crippen LogP contribution in [0.5, 0.6) is 0 Å². The Balaban J connectivity index is 2.60. The Morgan fingerprint density at radius 1 is 1.26 bits per heavy atom. The van der Waals surface area contributed by atoms with Crippen LogP contribution in [0.1, 0.15) is 33.4 Å². The lowest BCUT2D eigenvalue weighted by atomic mass is 10.1. The Kier molecular flexibility index (Phi) is 5.09. The molecule has 6 heteroatoms. The van der Waals surface area contributed by atoms with Gasteiger partial charge in [0.25, 0.3) is 0 Å². The van der Waals surface area contributed by atoms with Crippen LogP contribution in [-0.2, 0) is 4.79 Å². The summed E-state index contributed by atoms with van der Waals surface area (Å²) in [7, 11) is 0. The topological polar surface area (TPSA) is 78.9 Å². The molecule has 0 radical (unpaired) electrons. The summed E-state index contributed by atoms with van der Waals surface area (Å²) in [4.78, 5) is 20.2. The Morgan fingerprint density at radius 3 is 2.53 bits per heavy atom. The molecule has 1 heterocycles. The first kappa shape index (κ1) is 15.2. The number of anilines is 2. The van der Waals surface area contributed by atoms with Gasteiger partial charge in [-0.3, -0.25) is 4.79 Å². The van der Waals surface area contributed by atoms with Gasteiger partial charge >= 0.3 is 0 Å². The van der Waals surface area contributed by atoms with Crippen LogP contribution in [0.25, 0.3) is 0 Å². The highest BCUT2D eigenvalue weighted by molar-refractivity contribution is 5.81. The molecule has 0 fully saturated rings. The van der Waals surface area contributed by atoms with Gasteiger partial charge in [-0.15, -0.1) is 0 Å². The SMILES string of the molecule is CCNc1nc(C)cc(NCC(=O)NC(C)(C)C)n1. The summed E-state index contributed by atoms with van der Waals surface area (Å²) in [5.74, 6) is 1.16. The molecule has 0 spiro atoms. The maximum atomic E-state index is 11.7. The number of nitrogens with one attached hydrogen (secondary N) is 3. The average Bonchev–Trinajstić information content (AvgIpc) is 2.24. The summed E-state index contributed by atoms with van der Waals surface area (Å²) in [6, 6.07) is 1.81. The van der Waals surface area contributed by atoms with Crippen molar-refractivity contribution < 1.29 is 4.79 Å². The van der Waals surface area contributed by atoms with E-state index in [0.29, 0.717) is 11.8 Å².